The molecule has 2 fully saturated rings. The van der Waals surface area contributed by atoms with Gasteiger partial charge in [0, 0.05) is 13.1 Å². The third-order valence-corrected chi connectivity index (χ3v) is 5.61. The summed E-state index contributed by atoms with van der Waals surface area (Å²) in [5.41, 5.74) is -0.634. The quantitative estimate of drug-likeness (QED) is 0.842. The fourth-order valence-corrected chi connectivity index (χ4v) is 4.09. The predicted molar refractivity (Wildman–Crippen MR) is 96.7 cm³/mol. The van der Waals surface area contributed by atoms with Gasteiger partial charge in [-0.3, -0.25) is 4.57 Å². The minimum atomic E-state index is -1.02. The molecule has 0 aromatic carbocycles. The van der Waals surface area contributed by atoms with Gasteiger partial charge in [0.1, 0.15) is 5.60 Å². The van der Waals surface area contributed by atoms with Crippen molar-refractivity contribution in [1.82, 2.24) is 25.0 Å². The van der Waals surface area contributed by atoms with Gasteiger partial charge in [-0.1, -0.05) is 0 Å². The summed E-state index contributed by atoms with van der Waals surface area (Å²) in [4.78, 5) is 14.3. The average molecular weight is 358 g/mol. The van der Waals surface area contributed by atoms with Gasteiger partial charge < -0.3 is 10.0 Å². The highest BCUT2D eigenvalue weighted by atomic mass is 16.3. The van der Waals surface area contributed by atoms with Gasteiger partial charge >= 0.3 is 5.69 Å². The van der Waals surface area contributed by atoms with E-state index in [2.05, 4.69) is 25.3 Å². The molecule has 0 spiro atoms. The molecular weight excluding hydrogens is 332 g/mol. The summed E-state index contributed by atoms with van der Waals surface area (Å²) in [6.45, 7) is 6.82. The number of rotatable bonds is 5. The highest BCUT2D eigenvalue weighted by Gasteiger charge is 2.46. The highest BCUT2D eigenvalue weighted by Crippen LogP contribution is 2.50. The molecule has 0 radical (unpaired) electrons. The Kier molecular flexibility index (Phi) is 4.10. The van der Waals surface area contributed by atoms with Crippen molar-refractivity contribution in [2.75, 3.05) is 11.4 Å². The van der Waals surface area contributed by atoms with Gasteiger partial charge in [-0.2, -0.15) is 10.2 Å². The van der Waals surface area contributed by atoms with Crippen molar-refractivity contribution in [2.45, 2.75) is 58.2 Å². The van der Waals surface area contributed by atoms with Crippen LogP contribution in [0.1, 0.15) is 57.6 Å². The molecule has 1 aliphatic heterocycles. The Balaban J connectivity index is 1.71. The Morgan fingerprint density at radius 3 is 2.62 bits per heavy atom. The monoisotopic (exact) mass is 358 g/mol. The lowest BCUT2D eigenvalue weighted by molar-refractivity contribution is 0.0728. The van der Waals surface area contributed by atoms with Gasteiger partial charge in [0.25, 0.3) is 0 Å². The summed E-state index contributed by atoms with van der Waals surface area (Å²) in [7, 11) is 0. The Morgan fingerprint density at radius 1 is 1.27 bits per heavy atom. The zero-order chi connectivity index (χ0) is 18.5. The van der Waals surface area contributed by atoms with E-state index in [1.807, 2.05) is 19.1 Å². The summed E-state index contributed by atoms with van der Waals surface area (Å²) in [6.07, 6.45) is 3.56. The third-order valence-electron chi connectivity index (χ3n) is 5.61. The molecule has 8 heteroatoms. The molecular formula is C18H26N6O2. The number of aromatic nitrogens is 5. The first kappa shape index (κ1) is 17.2. The minimum Gasteiger partial charge on any atom is -0.384 e. The third kappa shape index (κ3) is 2.92. The number of nitrogens with zero attached hydrogens (tertiary/aromatic N) is 5. The Labute approximate surface area is 152 Å². The first-order chi connectivity index (χ1) is 12.4. The molecule has 1 saturated heterocycles. The van der Waals surface area contributed by atoms with Crippen molar-refractivity contribution in [3.05, 3.63) is 34.1 Å². The second kappa shape index (κ2) is 6.19. The van der Waals surface area contributed by atoms with E-state index >= 15 is 0 Å². The van der Waals surface area contributed by atoms with Gasteiger partial charge in [-0.15, -0.1) is 5.10 Å². The van der Waals surface area contributed by atoms with Crippen LogP contribution in [0, 0.1) is 11.8 Å². The molecule has 2 unspecified atom stereocenters. The Hall–Kier alpha value is -2.22. The molecule has 2 N–H and O–H groups in total. The van der Waals surface area contributed by atoms with E-state index in [4.69, 9.17) is 0 Å². The van der Waals surface area contributed by atoms with Gasteiger partial charge in [-0.25, -0.2) is 9.89 Å². The average Bonchev–Trinajstić information content (AvgIpc) is 3.25. The smallest absolute Gasteiger partial charge is 0.343 e. The van der Waals surface area contributed by atoms with E-state index in [0.29, 0.717) is 24.1 Å². The molecule has 2 atom stereocenters. The number of hydrogen-bond acceptors (Lipinski definition) is 6. The first-order valence-corrected chi connectivity index (χ1v) is 9.38. The number of aliphatic hydroxyl groups is 1. The normalized spacial score (nSPS) is 23.6. The van der Waals surface area contributed by atoms with Crippen LogP contribution in [0.25, 0.3) is 0 Å². The summed E-state index contributed by atoms with van der Waals surface area (Å²) in [5.74, 6) is 2.74. The van der Waals surface area contributed by atoms with Crippen LogP contribution in [0.2, 0.25) is 0 Å². The lowest BCUT2D eigenvalue weighted by atomic mass is 9.94. The van der Waals surface area contributed by atoms with Crippen LogP contribution >= 0.6 is 0 Å². The van der Waals surface area contributed by atoms with E-state index in [1.165, 1.54) is 12.8 Å². The molecule has 1 aliphatic carbocycles. The summed E-state index contributed by atoms with van der Waals surface area (Å²) >= 11 is 0. The molecule has 1 saturated carbocycles. The van der Waals surface area contributed by atoms with Crippen LogP contribution in [0.5, 0.6) is 0 Å². The molecule has 3 heterocycles. The minimum absolute atomic E-state index is 0.0312. The highest BCUT2D eigenvalue weighted by molar-refractivity contribution is 5.42. The van der Waals surface area contributed by atoms with Crippen molar-refractivity contribution < 1.29 is 5.11 Å². The molecule has 2 aliphatic rings. The summed E-state index contributed by atoms with van der Waals surface area (Å²) in [6, 6.07) is 3.76. The Morgan fingerprint density at radius 2 is 2.04 bits per heavy atom. The summed E-state index contributed by atoms with van der Waals surface area (Å²) in [5, 5.41) is 25.7. The van der Waals surface area contributed by atoms with E-state index < -0.39 is 5.60 Å². The molecule has 26 heavy (non-hydrogen) atoms. The topological polar surface area (TPSA) is 99.9 Å². The van der Waals surface area contributed by atoms with Crippen molar-refractivity contribution in [3.63, 3.8) is 0 Å². The fourth-order valence-electron chi connectivity index (χ4n) is 4.09. The van der Waals surface area contributed by atoms with Crippen LogP contribution in [0.15, 0.2) is 16.9 Å². The van der Waals surface area contributed by atoms with Crippen LogP contribution in [0.3, 0.4) is 0 Å². The molecule has 140 valence electrons. The predicted octanol–water partition coefficient (Wildman–Crippen LogP) is 1.59. The van der Waals surface area contributed by atoms with Crippen molar-refractivity contribution in [1.29, 1.82) is 0 Å². The van der Waals surface area contributed by atoms with E-state index in [1.54, 1.807) is 18.4 Å². The molecule has 2 aromatic heterocycles. The van der Waals surface area contributed by atoms with Crippen molar-refractivity contribution >= 4 is 5.82 Å². The van der Waals surface area contributed by atoms with Crippen LogP contribution in [-0.2, 0) is 12.1 Å². The maximum Gasteiger partial charge on any atom is 0.343 e. The number of hydrogen-bond donors (Lipinski definition) is 2. The van der Waals surface area contributed by atoms with Crippen molar-refractivity contribution in [2.24, 2.45) is 11.8 Å². The Bertz CT molecular complexity index is 831. The fraction of sp³-hybridized carbons (Fsp3) is 0.667. The number of aromatic amines is 1. The lowest BCUT2D eigenvalue weighted by Gasteiger charge is -2.28. The second-order valence-corrected chi connectivity index (χ2v) is 7.90. The SMILES string of the molecule is CCn1c(C2C(C3CC3)CCN2c2ccc(C(C)(C)O)nn2)n[nH]c1=O. The number of nitrogens with one attached hydrogen (secondary N) is 1. The number of H-pyrrole nitrogens is 1. The van der Waals surface area contributed by atoms with Gasteiger partial charge in [-0.05, 0) is 64.0 Å². The van der Waals surface area contributed by atoms with E-state index in [9.17, 15) is 9.90 Å². The molecule has 0 bridgehead atoms. The number of anilines is 1. The summed E-state index contributed by atoms with van der Waals surface area (Å²) < 4.78 is 1.72. The van der Waals surface area contributed by atoms with Crippen molar-refractivity contribution in [3.8, 4) is 0 Å². The van der Waals surface area contributed by atoms with E-state index in [0.717, 1.165) is 24.6 Å². The largest absolute Gasteiger partial charge is 0.384 e. The zero-order valence-electron chi connectivity index (χ0n) is 15.5. The first-order valence-electron chi connectivity index (χ1n) is 9.38. The molecule has 4 rings (SSSR count). The molecule has 2 aromatic rings. The van der Waals surface area contributed by atoms with E-state index in [-0.39, 0.29) is 11.7 Å². The maximum atomic E-state index is 12.1. The molecule has 8 nitrogen and oxygen atoms in total. The van der Waals surface area contributed by atoms with Crippen LogP contribution in [0.4, 0.5) is 5.82 Å². The van der Waals surface area contributed by atoms with Gasteiger partial charge in [0.05, 0.1) is 11.7 Å². The van der Waals surface area contributed by atoms with Gasteiger partial charge in [0.2, 0.25) is 0 Å². The van der Waals surface area contributed by atoms with Crippen LogP contribution in [-0.4, -0.2) is 36.6 Å². The standard InChI is InChI=1S/C18H26N6O2/c1-4-23-16(21-22-17(23)25)15-12(11-5-6-11)9-10-24(15)14-8-7-13(19-20-14)18(2,3)26/h7-8,11-12,15,26H,4-6,9-10H2,1-3H3,(H,22,25). The van der Waals surface area contributed by atoms with Crippen LogP contribution < -0.4 is 10.6 Å². The zero-order valence-corrected chi connectivity index (χ0v) is 15.5. The lowest BCUT2D eigenvalue weighted by Crippen LogP contribution is -2.31. The van der Waals surface area contributed by atoms with Gasteiger partial charge in [0.15, 0.2) is 11.6 Å². The second-order valence-electron chi connectivity index (χ2n) is 7.90. The molecule has 0 amide bonds. The maximum absolute atomic E-state index is 12.1.